The third kappa shape index (κ3) is 2.89. The van der Waals surface area contributed by atoms with E-state index in [-0.39, 0.29) is 0 Å². The first-order valence-corrected chi connectivity index (χ1v) is 6.66. The molecule has 0 fully saturated rings. The van der Waals surface area contributed by atoms with Gasteiger partial charge in [0.15, 0.2) is 6.73 Å². The van der Waals surface area contributed by atoms with Gasteiger partial charge in [-0.1, -0.05) is 24.8 Å². The van der Waals surface area contributed by atoms with Crippen LogP contribution in [0.2, 0.25) is 0 Å². The summed E-state index contributed by atoms with van der Waals surface area (Å²) < 4.78 is 10.8. The number of carbonyl (C=O) groups excluding carboxylic acids is 1. The lowest BCUT2D eigenvalue weighted by Gasteiger charge is -2.30. The molecule has 0 N–H and O–H groups in total. The Labute approximate surface area is 123 Å². The number of nitrogens with zero attached hydrogens (tertiary/aromatic N) is 1. The molecule has 0 saturated carbocycles. The van der Waals surface area contributed by atoms with Crippen LogP contribution in [-0.4, -0.2) is 12.7 Å². The minimum absolute atomic E-state index is 0.460. The van der Waals surface area contributed by atoms with Gasteiger partial charge in [-0.15, -0.1) is 0 Å². The number of carbonyl (C=O) groups is 1. The van der Waals surface area contributed by atoms with Crippen molar-refractivity contribution in [2.45, 2.75) is 6.54 Å². The second-order valence-corrected chi connectivity index (χ2v) is 4.70. The molecule has 1 aliphatic rings. The van der Waals surface area contributed by atoms with Crippen LogP contribution in [0.4, 0.5) is 5.69 Å². The number of hydrogen-bond donors (Lipinski definition) is 0. The molecule has 1 aliphatic heterocycles. The van der Waals surface area contributed by atoms with E-state index in [4.69, 9.17) is 9.47 Å². The number of anilines is 1. The molecular formula is C17H15NO3. The van der Waals surface area contributed by atoms with E-state index in [1.165, 1.54) is 0 Å². The van der Waals surface area contributed by atoms with Gasteiger partial charge in [-0.3, -0.25) is 0 Å². The first-order valence-electron chi connectivity index (χ1n) is 6.66. The Morgan fingerprint density at radius 1 is 1.19 bits per heavy atom. The fourth-order valence-electron chi connectivity index (χ4n) is 2.22. The normalized spacial score (nSPS) is 13.0. The number of benzene rings is 2. The molecule has 4 heteroatoms. The highest BCUT2D eigenvalue weighted by Crippen LogP contribution is 2.28. The third-order valence-corrected chi connectivity index (χ3v) is 3.30. The highest BCUT2D eigenvalue weighted by molar-refractivity contribution is 5.83. The van der Waals surface area contributed by atoms with E-state index >= 15 is 0 Å². The zero-order chi connectivity index (χ0) is 14.7. The number of rotatable bonds is 3. The Kier molecular flexibility index (Phi) is 3.60. The van der Waals surface area contributed by atoms with Gasteiger partial charge in [0.2, 0.25) is 0 Å². The summed E-state index contributed by atoms with van der Waals surface area (Å²) in [7, 11) is 0. The Hall–Kier alpha value is -2.75. The molecule has 3 rings (SSSR count). The molecule has 0 saturated heterocycles. The minimum Gasteiger partial charge on any atom is -0.473 e. The van der Waals surface area contributed by atoms with E-state index in [0.29, 0.717) is 12.5 Å². The molecule has 0 atom stereocenters. The zero-order valence-corrected chi connectivity index (χ0v) is 11.5. The summed E-state index contributed by atoms with van der Waals surface area (Å²) in [5.74, 6) is 0.977. The number of fused-ring (bicyclic) bond motifs is 1. The van der Waals surface area contributed by atoms with Crippen molar-refractivity contribution in [2.75, 3.05) is 11.6 Å². The average molecular weight is 281 g/mol. The standard InChI is InChI=1S/C17H15NO3/c1-2-17(19)21-15-9-7-14(8-10-15)18-11-13-5-3-4-6-16(13)20-12-18/h2-10H,1,11-12H2. The maximum atomic E-state index is 11.1. The Balaban J connectivity index is 1.73. The summed E-state index contributed by atoms with van der Waals surface area (Å²) in [5, 5.41) is 0. The van der Waals surface area contributed by atoms with Gasteiger partial charge in [0.25, 0.3) is 0 Å². The van der Waals surface area contributed by atoms with E-state index in [9.17, 15) is 4.79 Å². The van der Waals surface area contributed by atoms with Crippen molar-refractivity contribution in [3.8, 4) is 11.5 Å². The minimum atomic E-state index is -0.460. The SMILES string of the molecule is C=CC(=O)Oc1ccc(N2COc3ccccc3C2)cc1. The molecule has 106 valence electrons. The van der Waals surface area contributed by atoms with Gasteiger partial charge >= 0.3 is 5.97 Å². The number of esters is 1. The topological polar surface area (TPSA) is 38.8 Å². The van der Waals surface area contributed by atoms with Crippen LogP contribution in [0.15, 0.2) is 61.2 Å². The smallest absolute Gasteiger partial charge is 0.335 e. The number of hydrogen-bond acceptors (Lipinski definition) is 4. The fourth-order valence-corrected chi connectivity index (χ4v) is 2.22. The number of ether oxygens (including phenoxy) is 2. The fraction of sp³-hybridized carbons (Fsp3) is 0.118. The van der Waals surface area contributed by atoms with Crippen LogP contribution in [-0.2, 0) is 11.3 Å². The summed E-state index contributed by atoms with van der Waals surface area (Å²) in [6, 6.07) is 15.3. The van der Waals surface area contributed by atoms with Crippen molar-refractivity contribution in [1.82, 2.24) is 0 Å². The van der Waals surface area contributed by atoms with Gasteiger partial charge < -0.3 is 14.4 Å². The Morgan fingerprint density at radius 3 is 2.71 bits per heavy atom. The van der Waals surface area contributed by atoms with Crippen molar-refractivity contribution in [3.05, 3.63) is 66.7 Å². The molecule has 1 heterocycles. The first-order chi connectivity index (χ1) is 10.3. The van der Waals surface area contributed by atoms with Crippen LogP contribution in [0.25, 0.3) is 0 Å². The molecule has 21 heavy (non-hydrogen) atoms. The maximum Gasteiger partial charge on any atom is 0.335 e. The van der Waals surface area contributed by atoms with Crippen LogP contribution in [0, 0.1) is 0 Å². The van der Waals surface area contributed by atoms with Gasteiger partial charge in [-0.25, -0.2) is 4.79 Å². The van der Waals surface area contributed by atoms with Crippen LogP contribution >= 0.6 is 0 Å². The summed E-state index contributed by atoms with van der Waals surface area (Å²) in [6.07, 6.45) is 1.14. The molecule has 2 aromatic carbocycles. The van der Waals surface area contributed by atoms with E-state index < -0.39 is 5.97 Å². The van der Waals surface area contributed by atoms with Crippen molar-refractivity contribution >= 4 is 11.7 Å². The molecule has 0 aliphatic carbocycles. The maximum absolute atomic E-state index is 11.1. The van der Waals surface area contributed by atoms with E-state index in [1.807, 2.05) is 30.3 Å². The lowest BCUT2D eigenvalue weighted by Crippen LogP contribution is -2.31. The highest BCUT2D eigenvalue weighted by Gasteiger charge is 2.17. The van der Waals surface area contributed by atoms with E-state index in [1.54, 1.807) is 12.1 Å². The largest absolute Gasteiger partial charge is 0.473 e. The number of para-hydroxylation sites is 1. The second-order valence-electron chi connectivity index (χ2n) is 4.70. The molecule has 0 unspecified atom stereocenters. The Bertz CT molecular complexity index is 664. The van der Waals surface area contributed by atoms with Crippen molar-refractivity contribution < 1.29 is 14.3 Å². The molecule has 0 bridgehead atoms. The lowest BCUT2D eigenvalue weighted by atomic mass is 10.1. The van der Waals surface area contributed by atoms with Gasteiger partial charge in [0.1, 0.15) is 11.5 Å². The van der Waals surface area contributed by atoms with Gasteiger partial charge in [0.05, 0.1) is 0 Å². The zero-order valence-electron chi connectivity index (χ0n) is 11.5. The molecular weight excluding hydrogens is 266 g/mol. The average Bonchev–Trinajstić information content (AvgIpc) is 2.55. The molecule has 0 radical (unpaired) electrons. The molecule has 2 aromatic rings. The van der Waals surface area contributed by atoms with Crippen LogP contribution in [0.1, 0.15) is 5.56 Å². The molecule has 0 amide bonds. The van der Waals surface area contributed by atoms with Crippen LogP contribution < -0.4 is 14.4 Å². The van der Waals surface area contributed by atoms with E-state index in [0.717, 1.165) is 29.6 Å². The Morgan fingerprint density at radius 2 is 1.95 bits per heavy atom. The monoisotopic (exact) mass is 281 g/mol. The van der Waals surface area contributed by atoms with Crippen molar-refractivity contribution in [3.63, 3.8) is 0 Å². The summed E-state index contributed by atoms with van der Waals surface area (Å²) in [6.45, 7) is 4.67. The predicted molar refractivity (Wildman–Crippen MR) is 80.4 cm³/mol. The summed E-state index contributed by atoms with van der Waals surface area (Å²) in [4.78, 5) is 13.2. The predicted octanol–water partition coefficient (Wildman–Crippen LogP) is 3.13. The summed E-state index contributed by atoms with van der Waals surface area (Å²) >= 11 is 0. The van der Waals surface area contributed by atoms with Crippen molar-refractivity contribution in [1.29, 1.82) is 0 Å². The third-order valence-electron chi connectivity index (χ3n) is 3.30. The van der Waals surface area contributed by atoms with E-state index in [2.05, 4.69) is 17.5 Å². The van der Waals surface area contributed by atoms with Crippen LogP contribution in [0.5, 0.6) is 11.5 Å². The first kappa shape index (κ1) is 13.2. The molecule has 0 aromatic heterocycles. The van der Waals surface area contributed by atoms with Crippen molar-refractivity contribution in [2.24, 2.45) is 0 Å². The highest BCUT2D eigenvalue weighted by atomic mass is 16.5. The lowest BCUT2D eigenvalue weighted by molar-refractivity contribution is -0.128. The van der Waals surface area contributed by atoms with Gasteiger partial charge in [-0.2, -0.15) is 0 Å². The summed E-state index contributed by atoms with van der Waals surface area (Å²) in [5.41, 5.74) is 2.17. The second kappa shape index (κ2) is 5.71. The van der Waals surface area contributed by atoms with Gasteiger partial charge in [0, 0.05) is 23.9 Å². The molecule has 4 nitrogen and oxygen atoms in total. The van der Waals surface area contributed by atoms with Crippen LogP contribution in [0.3, 0.4) is 0 Å². The quantitative estimate of drug-likeness (QED) is 0.492. The molecule has 0 spiro atoms. The van der Waals surface area contributed by atoms with Gasteiger partial charge in [-0.05, 0) is 30.3 Å².